The highest BCUT2D eigenvalue weighted by Crippen LogP contribution is 2.29. The minimum Gasteiger partial charge on any atom is -0.481 e. The predicted molar refractivity (Wildman–Crippen MR) is 90.6 cm³/mol. The molecule has 1 atom stereocenters. The van der Waals surface area contributed by atoms with Crippen LogP contribution in [-0.4, -0.2) is 17.0 Å². The first-order chi connectivity index (χ1) is 10.8. The molecule has 0 saturated heterocycles. The van der Waals surface area contributed by atoms with Crippen LogP contribution in [0.25, 0.3) is 0 Å². The van der Waals surface area contributed by atoms with Crippen LogP contribution in [-0.2, 0) is 15.0 Å². The Hall–Kier alpha value is -2.62. The van der Waals surface area contributed by atoms with Crippen LogP contribution < -0.4 is 5.32 Å². The largest absolute Gasteiger partial charge is 0.481 e. The summed E-state index contributed by atoms with van der Waals surface area (Å²) in [6, 6.07) is 14.5. The van der Waals surface area contributed by atoms with Gasteiger partial charge < -0.3 is 10.4 Å². The topological polar surface area (TPSA) is 66.4 Å². The average molecular weight is 311 g/mol. The summed E-state index contributed by atoms with van der Waals surface area (Å²) in [5.41, 5.74) is 2.13. The Morgan fingerprint density at radius 1 is 1.04 bits per heavy atom. The molecule has 23 heavy (non-hydrogen) atoms. The highest BCUT2D eigenvalue weighted by Gasteiger charge is 2.37. The van der Waals surface area contributed by atoms with Crippen LogP contribution >= 0.6 is 0 Å². The molecular formula is C19H21NO3. The lowest BCUT2D eigenvalue weighted by Crippen LogP contribution is -2.36. The van der Waals surface area contributed by atoms with E-state index in [9.17, 15) is 14.7 Å². The van der Waals surface area contributed by atoms with Gasteiger partial charge in [-0.05, 0) is 43.5 Å². The lowest BCUT2D eigenvalue weighted by molar-refractivity contribution is -0.145. The van der Waals surface area contributed by atoms with Crippen molar-refractivity contribution in [2.75, 3.05) is 5.32 Å². The molecule has 1 amide bonds. The van der Waals surface area contributed by atoms with E-state index in [1.807, 2.05) is 38.1 Å². The molecule has 120 valence electrons. The van der Waals surface area contributed by atoms with E-state index in [1.54, 1.807) is 31.2 Å². The molecule has 0 aromatic heterocycles. The Morgan fingerprint density at radius 2 is 1.70 bits per heavy atom. The molecular weight excluding hydrogens is 290 g/mol. The number of amides is 1. The number of carbonyl (C=O) groups is 2. The fourth-order valence-corrected chi connectivity index (χ4v) is 2.51. The van der Waals surface area contributed by atoms with Gasteiger partial charge in [0.25, 0.3) is 0 Å². The van der Waals surface area contributed by atoms with Crippen LogP contribution in [0.15, 0.2) is 48.5 Å². The summed E-state index contributed by atoms with van der Waals surface area (Å²) in [7, 11) is 0. The van der Waals surface area contributed by atoms with Crippen LogP contribution in [0.3, 0.4) is 0 Å². The number of anilines is 1. The second-order valence-corrected chi connectivity index (χ2v) is 5.98. The Kier molecular flexibility index (Phi) is 4.84. The van der Waals surface area contributed by atoms with Gasteiger partial charge in [0, 0.05) is 12.1 Å². The lowest BCUT2D eigenvalue weighted by atomic mass is 9.79. The highest BCUT2D eigenvalue weighted by atomic mass is 16.4. The average Bonchev–Trinajstić information content (AvgIpc) is 2.52. The molecule has 0 heterocycles. The third-order valence-corrected chi connectivity index (χ3v) is 4.28. The molecule has 0 aliphatic rings. The van der Waals surface area contributed by atoms with Gasteiger partial charge in [-0.25, -0.2) is 0 Å². The zero-order valence-corrected chi connectivity index (χ0v) is 13.6. The number of aryl methyl sites for hydroxylation is 1. The summed E-state index contributed by atoms with van der Waals surface area (Å²) in [5, 5.41) is 12.4. The number of nitrogens with one attached hydrogen (secondary N) is 1. The first kappa shape index (κ1) is 16.7. The minimum atomic E-state index is -1.26. The van der Waals surface area contributed by atoms with Gasteiger partial charge in [0.05, 0.1) is 5.41 Å². The molecule has 2 N–H and O–H groups in total. The summed E-state index contributed by atoms with van der Waals surface area (Å²) in [6.45, 7) is 5.47. The number of aliphatic carboxylic acids is 1. The Bertz CT molecular complexity index is 725. The second kappa shape index (κ2) is 6.65. The molecule has 0 fully saturated rings. The fourth-order valence-electron chi connectivity index (χ4n) is 2.51. The van der Waals surface area contributed by atoms with E-state index < -0.39 is 11.4 Å². The van der Waals surface area contributed by atoms with Crippen molar-refractivity contribution < 1.29 is 14.7 Å². The molecule has 4 nitrogen and oxygen atoms in total. The van der Waals surface area contributed by atoms with E-state index in [-0.39, 0.29) is 12.3 Å². The Labute approximate surface area is 136 Å². The van der Waals surface area contributed by atoms with Crippen molar-refractivity contribution in [1.82, 2.24) is 0 Å². The van der Waals surface area contributed by atoms with Gasteiger partial charge in [0.2, 0.25) is 5.91 Å². The van der Waals surface area contributed by atoms with Crippen LogP contribution in [0.5, 0.6) is 0 Å². The number of rotatable bonds is 5. The number of carbonyl (C=O) groups excluding carboxylic acids is 1. The van der Waals surface area contributed by atoms with Gasteiger partial charge in [0.15, 0.2) is 0 Å². The van der Waals surface area contributed by atoms with Gasteiger partial charge >= 0.3 is 5.97 Å². The van der Waals surface area contributed by atoms with Crippen molar-refractivity contribution in [1.29, 1.82) is 0 Å². The first-order valence-corrected chi connectivity index (χ1v) is 7.49. The Morgan fingerprint density at radius 3 is 2.30 bits per heavy atom. The molecule has 2 aromatic carbocycles. The lowest BCUT2D eigenvalue weighted by Gasteiger charge is -2.25. The van der Waals surface area contributed by atoms with E-state index in [4.69, 9.17) is 0 Å². The normalized spacial score (nSPS) is 13.2. The fraction of sp³-hybridized carbons (Fsp3) is 0.263. The number of carboxylic acids is 1. The smallest absolute Gasteiger partial charge is 0.314 e. The maximum Gasteiger partial charge on any atom is 0.314 e. The van der Waals surface area contributed by atoms with Gasteiger partial charge in [-0.1, -0.05) is 42.5 Å². The van der Waals surface area contributed by atoms with Crippen molar-refractivity contribution in [3.8, 4) is 0 Å². The second-order valence-electron chi connectivity index (χ2n) is 5.98. The third kappa shape index (κ3) is 3.59. The van der Waals surface area contributed by atoms with Crippen molar-refractivity contribution >= 4 is 17.6 Å². The molecule has 0 aliphatic heterocycles. The summed E-state index contributed by atoms with van der Waals surface area (Å²) < 4.78 is 0. The quantitative estimate of drug-likeness (QED) is 0.885. The van der Waals surface area contributed by atoms with E-state index in [2.05, 4.69) is 5.32 Å². The molecule has 4 heteroatoms. The number of carboxylic acid groups (broad SMARTS) is 1. The number of hydrogen-bond donors (Lipinski definition) is 2. The minimum absolute atomic E-state index is 0.125. The monoisotopic (exact) mass is 311 g/mol. The van der Waals surface area contributed by atoms with Crippen molar-refractivity contribution in [2.45, 2.75) is 32.6 Å². The van der Waals surface area contributed by atoms with Crippen LogP contribution in [0, 0.1) is 13.8 Å². The van der Waals surface area contributed by atoms with Crippen LogP contribution in [0.1, 0.15) is 30.0 Å². The van der Waals surface area contributed by atoms with E-state index >= 15 is 0 Å². The molecule has 2 rings (SSSR count). The molecule has 0 saturated carbocycles. The predicted octanol–water partition coefficient (Wildman–Crippen LogP) is 3.67. The molecule has 0 aliphatic carbocycles. The summed E-state index contributed by atoms with van der Waals surface area (Å²) >= 11 is 0. The maximum absolute atomic E-state index is 12.4. The van der Waals surface area contributed by atoms with E-state index in [1.165, 1.54) is 0 Å². The van der Waals surface area contributed by atoms with Gasteiger partial charge in [-0.2, -0.15) is 0 Å². The number of hydrogen-bond acceptors (Lipinski definition) is 2. The Balaban J connectivity index is 2.23. The van der Waals surface area contributed by atoms with E-state index in [0.29, 0.717) is 5.56 Å². The zero-order valence-electron chi connectivity index (χ0n) is 13.6. The van der Waals surface area contributed by atoms with Crippen molar-refractivity contribution in [3.05, 3.63) is 65.2 Å². The standard InChI is InChI=1S/C19H21NO3/c1-13-8-7-11-16(14(13)2)20-17(21)12-19(3,18(22)23)15-9-5-4-6-10-15/h4-11H,12H2,1-3H3,(H,20,21)(H,22,23)/t19-/m0/s1. The van der Waals surface area contributed by atoms with Crippen molar-refractivity contribution in [3.63, 3.8) is 0 Å². The van der Waals surface area contributed by atoms with Gasteiger partial charge in [-0.15, -0.1) is 0 Å². The summed E-state index contributed by atoms with van der Waals surface area (Å²) in [4.78, 5) is 24.1. The first-order valence-electron chi connectivity index (χ1n) is 7.49. The molecule has 2 aromatic rings. The molecule has 0 bridgehead atoms. The maximum atomic E-state index is 12.4. The van der Waals surface area contributed by atoms with E-state index in [0.717, 1.165) is 16.8 Å². The third-order valence-electron chi connectivity index (χ3n) is 4.28. The molecule has 0 radical (unpaired) electrons. The summed E-state index contributed by atoms with van der Waals surface area (Å²) in [6.07, 6.45) is -0.125. The van der Waals surface area contributed by atoms with Crippen LogP contribution in [0.2, 0.25) is 0 Å². The zero-order chi connectivity index (χ0) is 17.0. The van der Waals surface area contributed by atoms with Crippen molar-refractivity contribution in [2.24, 2.45) is 0 Å². The SMILES string of the molecule is Cc1cccc(NC(=O)C[C@](C)(C(=O)O)c2ccccc2)c1C. The molecule has 0 spiro atoms. The van der Waals surface area contributed by atoms with Gasteiger partial charge in [-0.3, -0.25) is 9.59 Å². The van der Waals surface area contributed by atoms with Crippen LogP contribution in [0.4, 0.5) is 5.69 Å². The molecule has 0 unspecified atom stereocenters. The van der Waals surface area contributed by atoms with Gasteiger partial charge in [0.1, 0.15) is 0 Å². The summed E-state index contributed by atoms with van der Waals surface area (Å²) in [5.74, 6) is -1.33. The number of benzene rings is 2. The highest BCUT2D eigenvalue weighted by molar-refractivity contribution is 5.96.